The number of nitrogens with zero attached hydrogens (tertiary/aromatic N) is 2. The van der Waals surface area contributed by atoms with Crippen LogP contribution in [0.15, 0.2) is 6.07 Å². The van der Waals surface area contributed by atoms with Gasteiger partial charge >= 0.3 is 5.97 Å². The third-order valence-electron chi connectivity index (χ3n) is 5.33. The van der Waals surface area contributed by atoms with E-state index in [0.717, 1.165) is 24.3 Å². The highest BCUT2D eigenvalue weighted by Crippen LogP contribution is 2.46. The van der Waals surface area contributed by atoms with Crippen LogP contribution < -0.4 is 4.90 Å². The van der Waals surface area contributed by atoms with E-state index in [1.165, 1.54) is 38.5 Å². The zero-order valence-corrected chi connectivity index (χ0v) is 13.0. The molecule has 114 valence electrons. The SMILES string of the molecule is Cc1cc(C)c(C(=O)O)c(N2CCC3(CCCC3)CC2)n1. The third kappa shape index (κ3) is 2.63. The van der Waals surface area contributed by atoms with Crippen LogP contribution in [-0.4, -0.2) is 29.1 Å². The lowest BCUT2D eigenvalue weighted by Crippen LogP contribution is -2.40. The summed E-state index contributed by atoms with van der Waals surface area (Å²) in [4.78, 5) is 18.3. The van der Waals surface area contributed by atoms with E-state index in [9.17, 15) is 9.90 Å². The number of pyridine rings is 1. The van der Waals surface area contributed by atoms with E-state index < -0.39 is 5.97 Å². The highest BCUT2D eigenvalue weighted by molar-refractivity contribution is 5.95. The van der Waals surface area contributed by atoms with E-state index in [4.69, 9.17) is 0 Å². The van der Waals surface area contributed by atoms with E-state index >= 15 is 0 Å². The van der Waals surface area contributed by atoms with Crippen LogP contribution in [0, 0.1) is 19.3 Å². The van der Waals surface area contributed by atoms with E-state index in [1.54, 1.807) is 0 Å². The molecule has 0 unspecified atom stereocenters. The molecule has 2 fully saturated rings. The van der Waals surface area contributed by atoms with Gasteiger partial charge in [-0.05, 0) is 56.6 Å². The van der Waals surface area contributed by atoms with E-state index in [2.05, 4.69) is 9.88 Å². The van der Waals surface area contributed by atoms with Crippen LogP contribution in [0.2, 0.25) is 0 Å². The fourth-order valence-corrected chi connectivity index (χ4v) is 4.13. The smallest absolute Gasteiger partial charge is 0.339 e. The quantitative estimate of drug-likeness (QED) is 0.904. The lowest BCUT2D eigenvalue weighted by molar-refractivity contribution is 0.0696. The molecule has 4 heteroatoms. The molecule has 0 bridgehead atoms. The first-order chi connectivity index (χ1) is 10.0. The van der Waals surface area contributed by atoms with Gasteiger partial charge in [0.25, 0.3) is 0 Å². The van der Waals surface area contributed by atoms with Crippen molar-refractivity contribution in [2.45, 2.75) is 52.4 Å². The van der Waals surface area contributed by atoms with Crippen LogP contribution in [0.3, 0.4) is 0 Å². The number of hydrogen-bond donors (Lipinski definition) is 1. The van der Waals surface area contributed by atoms with Gasteiger partial charge in [-0.2, -0.15) is 0 Å². The Bertz CT molecular complexity index is 552. The fraction of sp³-hybridized carbons (Fsp3) is 0.647. The second-order valence-corrected chi connectivity index (χ2v) is 6.78. The van der Waals surface area contributed by atoms with Gasteiger partial charge in [-0.25, -0.2) is 9.78 Å². The minimum absolute atomic E-state index is 0.378. The van der Waals surface area contributed by atoms with Crippen molar-refractivity contribution < 1.29 is 9.90 Å². The van der Waals surface area contributed by atoms with Crippen LogP contribution in [0.5, 0.6) is 0 Å². The molecule has 1 aliphatic carbocycles. The van der Waals surface area contributed by atoms with Gasteiger partial charge in [0, 0.05) is 18.8 Å². The molecule has 21 heavy (non-hydrogen) atoms. The molecule has 4 nitrogen and oxygen atoms in total. The number of aromatic carboxylic acids is 1. The van der Waals surface area contributed by atoms with Crippen LogP contribution in [0.4, 0.5) is 5.82 Å². The summed E-state index contributed by atoms with van der Waals surface area (Å²) < 4.78 is 0. The van der Waals surface area contributed by atoms with Crippen LogP contribution >= 0.6 is 0 Å². The maximum Gasteiger partial charge on any atom is 0.339 e. The largest absolute Gasteiger partial charge is 0.478 e. The zero-order valence-electron chi connectivity index (χ0n) is 13.0. The van der Waals surface area contributed by atoms with E-state index in [0.29, 0.717) is 16.8 Å². The van der Waals surface area contributed by atoms with Crippen molar-refractivity contribution in [2.24, 2.45) is 5.41 Å². The summed E-state index contributed by atoms with van der Waals surface area (Å²) in [6.07, 6.45) is 7.80. The Labute approximate surface area is 126 Å². The molecule has 2 heterocycles. The molecule has 2 aliphatic rings. The maximum absolute atomic E-state index is 11.6. The number of aryl methyl sites for hydroxylation is 2. The number of piperidine rings is 1. The van der Waals surface area contributed by atoms with Crippen LogP contribution in [-0.2, 0) is 0 Å². The average molecular weight is 288 g/mol. The van der Waals surface area contributed by atoms with Gasteiger partial charge in [0.15, 0.2) is 0 Å². The minimum Gasteiger partial charge on any atom is -0.478 e. The molecule has 1 spiro atoms. The number of carboxylic acids is 1. The number of carboxylic acid groups (broad SMARTS) is 1. The molecule has 0 aromatic carbocycles. The first-order valence-electron chi connectivity index (χ1n) is 7.97. The monoisotopic (exact) mass is 288 g/mol. The Morgan fingerprint density at radius 3 is 2.38 bits per heavy atom. The predicted octanol–water partition coefficient (Wildman–Crippen LogP) is 3.56. The van der Waals surface area contributed by atoms with Crippen LogP contribution in [0.25, 0.3) is 0 Å². The van der Waals surface area contributed by atoms with Crippen molar-refractivity contribution in [3.05, 3.63) is 22.9 Å². The van der Waals surface area contributed by atoms with Crippen molar-refractivity contribution in [1.82, 2.24) is 4.98 Å². The van der Waals surface area contributed by atoms with Gasteiger partial charge in [-0.1, -0.05) is 12.8 Å². The Morgan fingerprint density at radius 2 is 1.81 bits per heavy atom. The average Bonchev–Trinajstić information content (AvgIpc) is 2.86. The summed E-state index contributed by atoms with van der Waals surface area (Å²) in [5.41, 5.74) is 2.63. The molecular weight excluding hydrogens is 264 g/mol. The van der Waals surface area contributed by atoms with Crippen molar-refractivity contribution in [2.75, 3.05) is 18.0 Å². The molecule has 0 atom stereocenters. The van der Waals surface area contributed by atoms with Crippen molar-refractivity contribution in [3.8, 4) is 0 Å². The van der Waals surface area contributed by atoms with Crippen LogP contribution in [0.1, 0.15) is 60.1 Å². The summed E-state index contributed by atoms with van der Waals surface area (Å²) >= 11 is 0. The zero-order chi connectivity index (χ0) is 15.0. The molecule has 0 amide bonds. The normalized spacial score (nSPS) is 21.0. The predicted molar refractivity (Wildman–Crippen MR) is 83.0 cm³/mol. The summed E-state index contributed by atoms with van der Waals surface area (Å²) in [6.45, 7) is 5.68. The first-order valence-corrected chi connectivity index (χ1v) is 7.97. The summed E-state index contributed by atoms with van der Waals surface area (Å²) in [5, 5.41) is 9.51. The van der Waals surface area contributed by atoms with Gasteiger partial charge in [0.1, 0.15) is 11.4 Å². The Balaban J connectivity index is 1.86. The second kappa shape index (κ2) is 5.32. The lowest BCUT2D eigenvalue weighted by atomic mass is 9.77. The minimum atomic E-state index is -0.865. The molecule has 1 saturated heterocycles. The number of aromatic nitrogens is 1. The van der Waals surface area contributed by atoms with Gasteiger partial charge in [-0.3, -0.25) is 0 Å². The van der Waals surface area contributed by atoms with E-state index in [1.807, 2.05) is 19.9 Å². The van der Waals surface area contributed by atoms with Gasteiger partial charge in [-0.15, -0.1) is 0 Å². The third-order valence-corrected chi connectivity index (χ3v) is 5.33. The Hall–Kier alpha value is -1.58. The van der Waals surface area contributed by atoms with Crippen molar-refractivity contribution >= 4 is 11.8 Å². The summed E-state index contributed by atoms with van der Waals surface area (Å²) in [7, 11) is 0. The van der Waals surface area contributed by atoms with Gasteiger partial charge < -0.3 is 10.0 Å². The lowest BCUT2D eigenvalue weighted by Gasteiger charge is -2.40. The standard InChI is InChI=1S/C17H24N2O2/c1-12-11-13(2)18-15(14(12)16(20)21)19-9-7-17(8-10-19)5-3-4-6-17/h11H,3-10H2,1-2H3,(H,20,21). The van der Waals surface area contributed by atoms with Gasteiger partial charge in [0.2, 0.25) is 0 Å². The van der Waals surface area contributed by atoms with E-state index in [-0.39, 0.29) is 0 Å². The Kier molecular flexibility index (Phi) is 3.64. The molecular formula is C17H24N2O2. The molecule has 1 aliphatic heterocycles. The van der Waals surface area contributed by atoms with Crippen molar-refractivity contribution in [3.63, 3.8) is 0 Å². The fourth-order valence-electron chi connectivity index (χ4n) is 4.13. The molecule has 1 aromatic rings. The number of carbonyl (C=O) groups is 1. The van der Waals surface area contributed by atoms with Crippen molar-refractivity contribution in [1.29, 1.82) is 0 Å². The Morgan fingerprint density at radius 1 is 1.19 bits per heavy atom. The number of hydrogen-bond acceptors (Lipinski definition) is 3. The topological polar surface area (TPSA) is 53.4 Å². The maximum atomic E-state index is 11.6. The first kappa shape index (κ1) is 14.4. The summed E-state index contributed by atoms with van der Waals surface area (Å²) in [6, 6.07) is 1.86. The number of rotatable bonds is 2. The molecule has 1 saturated carbocycles. The molecule has 1 N–H and O–H groups in total. The highest BCUT2D eigenvalue weighted by atomic mass is 16.4. The second-order valence-electron chi connectivity index (χ2n) is 6.78. The van der Waals surface area contributed by atoms with Gasteiger partial charge in [0.05, 0.1) is 0 Å². The molecule has 0 radical (unpaired) electrons. The summed E-state index contributed by atoms with van der Waals surface area (Å²) in [5.74, 6) is -0.191. The molecule has 3 rings (SSSR count). The molecule has 1 aromatic heterocycles. The number of anilines is 1. The highest BCUT2D eigenvalue weighted by Gasteiger charge is 2.38.